The minimum Gasteiger partial charge on any atom is -0.333 e. The summed E-state index contributed by atoms with van der Waals surface area (Å²) in [7, 11) is 0. The molecule has 0 aliphatic rings. The summed E-state index contributed by atoms with van der Waals surface area (Å²) in [4.78, 5) is 9.18. The van der Waals surface area contributed by atoms with Gasteiger partial charge in [0.05, 0.1) is 16.9 Å². The fourth-order valence-corrected chi connectivity index (χ4v) is 6.80. The SMILES string of the molecule is [2H]C([2H])([2H])c1c[c-]c(-c2ccc(C([2H])([2H])[2H])cn2)cc1.[Ir].[c-]1sc2ccc(-c3ccccc3)cc2c1-c1nc2ccccc2n1-c1ccc(-c2ccccc2)cc1. The maximum atomic E-state index is 7.28. The predicted molar refractivity (Wildman–Crippen MR) is 210 cm³/mol. The van der Waals surface area contributed by atoms with Crippen LogP contribution in [0.3, 0.4) is 0 Å². The summed E-state index contributed by atoms with van der Waals surface area (Å²) in [6, 6.07) is 55.2. The van der Waals surface area contributed by atoms with Gasteiger partial charge in [0.25, 0.3) is 0 Å². The van der Waals surface area contributed by atoms with Crippen molar-refractivity contribution in [3.63, 3.8) is 0 Å². The molecule has 0 aliphatic carbocycles. The van der Waals surface area contributed by atoms with Gasteiger partial charge in [0.1, 0.15) is 0 Å². The van der Waals surface area contributed by atoms with E-state index in [1.165, 1.54) is 56.7 Å². The molecule has 0 amide bonds. The molecule has 1 radical (unpaired) electrons. The second-order valence-corrected chi connectivity index (χ2v) is 12.6. The van der Waals surface area contributed by atoms with Crippen molar-refractivity contribution < 1.29 is 28.3 Å². The molecule has 3 aromatic heterocycles. The topological polar surface area (TPSA) is 30.7 Å². The molecule has 6 aromatic carbocycles. The van der Waals surface area contributed by atoms with Crippen molar-refractivity contribution in [3.8, 4) is 50.6 Å². The van der Waals surface area contributed by atoms with Crippen LogP contribution in [0.1, 0.15) is 19.4 Å². The smallest absolute Gasteiger partial charge is 0.0774 e. The average molecular weight is 858 g/mol. The van der Waals surface area contributed by atoms with Gasteiger partial charge in [-0.3, -0.25) is 16.3 Å². The second-order valence-electron chi connectivity index (χ2n) is 11.8. The van der Waals surface area contributed by atoms with Crippen LogP contribution < -0.4 is 0 Å². The molecule has 249 valence electrons. The first-order chi connectivity index (χ1) is 27.0. The Morgan fingerprint density at radius 3 is 2.00 bits per heavy atom. The Labute approximate surface area is 324 Å². The van der Waals surface area contributed by atoms with Crippen LogP contribution in [0.25, 0.3) is 71.7 Å². The monoisotopic (exact) mass is 858 g/mol. The Morgan fingerprint density at radius 1 is 0.647 bits per heavy atom. The third kappa shape index (κ3) is 7.24. The fourth-order valence-electron chi connectivity index (χ4n) is 5.98. The molecular formula is C46H33IrN3S-2. The first-order valence-corrected chi connectivity index (χ1v) is 17.0. The van der Waals surface area contributed by atoms with Crippen molar-refractivity contribution in [2.75, 3.05) is 0 Å². The molecule has 3 nitrogen and oxygen atoms in total. The number of thiophene rings is 1. The van der Waals surface area contributed by atoms with Gasteiger partial charge >= 0.3 is 0 Å². The van der Waals surface area contributed by atoms with E-state index in [0.717, 1.165) is 28.1 Å². The number of fused-ring (bicyclic) bond motifs is 2. The van der Waals surface area contributed by atoms with E-state index in [2.05, 4.69) is 136 Å². The Hall–Kier alpha value is -5.45. The van der Waals surface area contributed by atoms with Crippen molar-refractivity contribution in [2.45, 2.75) is 13.7 Å². The van der Waals surface area contributed by atoms with Crippen molar-refractivity contribution in [1.29, 1.82) is 0 Å². The molecule has 5 heteroatoms. The van der Waals surface area contributed by atoms with Crippen molar-refractivity contribution in [3.05, 3.63) is 186 Å². The van der Waals surface area contributed by atoms with Crippen LogP contribution in [-0.2, 0) is 20.1 Å². The van der Waals surface area contributed by atoms with Crippen LogP contribution in [-0.4, -0.2) is 14.5 Å². The number of aryl methyl sites for hydroxylation is 2. The molecule has 0 atom stereocenters. The third-order valence-corrected chi connectivity index (χ3v) is 9.37. The summed E-state index contributed by atoms with van der Waals surface area (Å²) in [5, 5.41) is 4.75. The molecule has 9 rings (SSSR count). The quantitative estimate of drug-likeness (QED) is 0.161. The molecule has 51 heavy (non-hydrogen) atoms. The maximum Gasteiger partial charge on any atom is 0.0774 e. The number of benzene rings is 6. The number of rotatable bonds is 5. The summed E-state index contributed by atoms with van der Waals surface area (Å²) in [5.74, 6) is 0.917. The molecular weight excluding hydrogens is 819 g/mol. The van der Waals surface area contributed by atoms with Gasteiger partial charge in [0.2, 0.25) is 0 Å². The molecule has 0 bridgehead atoms. The molecule has 0 fully saturated rings. The largest absolute Gasteiger partial charge is 0.333 e. The number of imidazole rings is 1. The van der Waals surface area contributed by atoms with Gasteiger partial charge in [-0.1, -0.05) is 138 Å². The number of para-hydroxylation sites is 2. The van der Waals surface area contributed by atoms with Crippen molar-refractivity contribution in [2.24, 2.45) is 0 Å². The molecule has 3 heterocycles. The van der Waals surface area contributed by atoms with Crippen LogP contribution in [0.15, 0.2) is 164 Å². The van der Waals surface area contributed by atoms with E-state index >= 15 is 0 Å². The third-order valence-electron chi connectivity index (χ3n) is 8.49. The molecule has 0 saturated heterocycles. The standard InChI is InChI=1S/C33H21N2S.C13H12N.Ir/c1-3-9-23(10-4-1)25-15-18-27(19-16-25)35-31-14-8-7-13-30(31)34-33(35)29-22-36-32-20-17-26(21-28(29)32)24-11-5-2-6-12-24;1-10-3-6-12(7-4-10)13-8-5-11(2)9-14-13;/h1-21H;3-6,8-9H,1-2H3;/q2*-1;/i;1D3,2D3;. The van der Waals surface area contributed by atoms with Gasteiger partial charge in [-0.2, -0.15) is 0 Å². The Balaban J connectivity index is 0.000000202. The normalized spacial score (nSPS) is 13.0. The molecule has 0 aliphatic heterocycles. The van der Waals surface area contributed by atoms with Gasteiger partial charge in [0.15, 0.2) is 0 Å². The number of nitrogens with zero attached hydrogens (tertiary/aromatic N) is 3. The zero-order chi connectivity index (χ0) is 38.9. The van der Waals surface area contributed by atoms with Gasteiger partial charge in [-0.05, 0) is 64.6 Å². The van der Waals surface area contributed by atoms with Gasteiger partial charge in [-0.15, -0.1) is 40.8 Å². The molecule has 0 unspecified atom stereocenters. The summed E-state index contributed by atoms with van der Waals surface area (Å²) < 4.78 is 47.1. The maximum absolute atomic E-state index is 7.28. The van der Waals surface area contributed by atoms with Crippen molar-refractivity contribution in [1.82, 2.24) is 14.5 Å². The molecule has 0 N–H and O–H groups in total. The fraction of sp³-hybridized carbons (Fsp3) is 0.0435. The van der Waals surface area contributed by atoms with E-state index in [1.807, 2.05) is 12.1 Å². The van der Waals surface area contributed by atoms with E-state index in [-0.39, 0.29) is 31.2 Å². The van der Waals surface area contributed by atoms with E-state index in [1.54, 1.807) is 23.5 Å². The second kappa shape index (κ2) is 15.2. The van der Waals surface area contributed by atoms with Crippen LogP contribution >= 0.6 is 11.3 Å². The first kappa shape index (κ1) is 27.3. The summed E-state index contributed by atoms with van der Waals surface area (Å²) in [6.45, 7) is -4.34. The zero-order valence-corrected chi connectivity index (χ0v) is 30.4. The summed E-state index contributed by atoms with van der Waals surface area (Å²) >= 11 is 1.65. The first-order valence-electron chi connectivity index (χ1n) is 19.2. The van der Waals surface area contributed by atoms with Gasteiger partial charge in [-0.25, -0.2) is 0 Å². The van der Waals surface area contributed by atoms with Crippen molar-refractivity contribution >= 4 is 32.5 Å². The van der Waals surface area contributed by atoms with Crippen LogP contribution in [0, 0.1) is 25.2 Å². The van der Waals surface area contributed by atoms with Crippen LogP contribution in [0.2, 0.25) is 0 Å². The predicted octanol–water partition coefficient (Wildman–Crippen LogP) is 12.2. The van der Waals surface area contributed by atoms with Crippen LogP contribution in [0.5, 0.6) is 0 Å². The number of aromatic nitrogens is 3. The number of pyridine rings is 1. The van der Waals surface area contributed by atoms with Crippen LogP contribution in [0.4, 0.5) is 0 Å². The minimum atomic E-state index is -2.18. The zero-order valence-electron chi connectivity index (χ0n) is 33.2. The van der Waals surface area contributed by atoms with E-state index < -0.39 is 13.7 Å². The number of hydrogen-bond donors (Lipinski definition) is 0. The Bertz CT molecular complexity index is 2690. The molecule has 9 aromatic rings. The van der Waals surface area contributed by atoms with E-state index in [4.69, 9.17) is 13.2 Å². The Morgan fingerprint density at radius 2 is 1.31 bits per heavy atom. The summed E-state index contributed by atoms with van der Waals surface area (Å²) in [5.41, 5.74) is 10.6. The van der Waals surface area contributed by atoms with Gasteiger partial charge < -0.3 is 9.55 Å². The van der Waals surface area contributed by atoms with E-state index in [9.17, 15) is 0 Å². The minimum absolute atomic E-state index is 0. The number of hydrogen-bond acceptors (Lipinski definition) is 3. The average Bonchev–Trinajstić information content (AvgIpc) is 3.83. The Kier molecular flexibility index (Phi) is 8.14. The van der Waals surface area contributed by atoms with E-state index in [0.29, 0.717) is 11.3 Å². The van der Waals surface area contributed by atoms with Gasteiger partial charge in [0, 0.05) is 40.2 Å². The molecule has 0 spiro atoms. The molecule has 0 saturated carbocycles. The summed E-state index contributed by atoms with van der Waals surface area (Å²) in [6.07, 6.45) is 1.30.